The predicted molar refractivity (Wildman–Crippen MR) is 75.9 cm³/mol. The van der Waals surface area contributed by atoms with Crippen molar-refractivity contribution in [3.8, 4) is 0 Å². The highest BCUT2D eigenvalue weighted by molar-refractivity contribution is 4.79. The van der Waals surface area contributed by atoms with Crippen molar-refractivity contribution in [3.63, 3.8) is 0 Å². The van der Waals surface area contributed by atoms with E-state index < -0.39 is 0 Å². The Morgan fingerprint density at radius 2 is 1.94 bits per heavy atom. The Morgan fingerprint density at radius 3 is 2.61 bits per heavy atom. The molecule has 2 fully saturated rings. The van der Waals surface area contributed by atoms with E-state index >= 15 is 0 Å². The molecule has 0 aromatic carbocycles. The second-order valence-corrected chi connectivity index (χ2v) is 6.05. The summed E-state index contributed by atoms with van der Waals surface area (Å²) in [7, 11) is 2.30. The zero-order valence-corrected chi connectivity index (χ0v) is 12.2. The summed E-state index contributed by atoms with van der Waals surface area (Å²) in [6.07, 6.45) is 9.99. The summed E-state index contributed by atoms with van der Waals surface area (Å²) < 4.78 is 5.57. The highest BCUT2D eigenvalue weighted by Gasteiger charge is 2.23. The van der Waals surface area contributed by atoms with Gasteiger partial charge in [-0.1, -0.05) is 19.3 Å². The van der Waals surface area contributed by atoms with Crippen molar-refractivity contribution in [1.82, 2.24) is 10.2 Å². The fourth-order valence-electron chi connectivity index (χ4n) is 3.32. The number of nitrogens with zero attached hydrogens (tertiary/aromatic N) is 1. The molecule has 1 aliphatic heterocycles. The van der Waals surface area contributed by atoms with Crippen LogP contribution in [0.2, 0.25) is 0 Å². The molecule has 3 nitrogen and oxygen atoms in total. The minimum absolute atomic E-state index is 0.404. The minimum Gasteiger partial charge on any atom is -0.377 e. The van der Waals surface area contributed by atoms with Gasteiger partial charge >= 0.3 is 0 Å². The van der Waals surface area contributed by atoms with Gasteiger partial charge < -0.3 is 15.0 Å². The molecule has 0 aromatic heterocycles. The van der Waals surface area contributed by atoms with E-state index in [9.17, 15) is 0 Å². The molecule has 0 aromatic rings. The van der Waals surface area contributed by atoms with Crippen molar-refractivity contribution in [2.45, 2.75) is 70.1 Å². The van der Waals surface area contributed by atoms with Gasteiger partial charge in [0.1, 0.15) is 0 Å². The SMILES string of the molecule is CC1OCCC1NCCCN(C)C1CCCCC1. The lowest BCUT2D eigenvalue weighted by molar-refractivity contribution is 0.113. The van der Waals surface area contributed by atoms with Crippen LogP contribution in [0.5, 0.6) is 0 Å². The molecular formula is C15H30N2O. The summed E-state index contributed by atoms with van der Waals surface area (Å²) in [4.78, 5) is 2.58. The summed E-state index contributed by atoms with van der Waals surface area (Å²) in [5.74, 6) is 0. The van der Waals surface area contributed by atoms with Crippen LogP contribution >= 0.6 is 0 Å². The highest BCUT2D eigenvalue weighted by atomic mass is 16.5. The highest BCUT2D eigenvalue weighted by Crippen LogP contribution is 2.21. The average molecular weight is 254 g/mol. The Labute approximate surface area is 112 Å². The van der Waals surface area contributed by atoms with Gasteiger partial charge in [0.15, 0.2) is 0 Å². The molecule has 0 bridgehead atoms. The maximum atomic E-state index is 5.57. The second kappa shape index (κ2) is 7.46. The van der Waals surface area contributed by atoms with Gasteiger partial charge in [0.25, 0.3) is 0 Å². The molecule has 3 heteroatoms. The van der Waals surface area contributed by atoms with Crippen LogP contribution in [0.3, 0.4) is 0 Å². The molecule has 1 saturated carbocycles. The van der Waals surface area contributed by atoms with Crippen molar-refractivity contribution in [1.29, 1.82) is 0 Å². The molecular weight excluding hydrogens is 224 g/mol. The average Bonchev–Trinajstić information content (AvgIpc) is 2.81. The summed E-state index contributed by atoms with van der Waals surface area (Å²) in [5.41, 5.74) is 0. The molecule has 0 amide bonds. The van der Waals surface area contributed by atoms with Crippen LogP contribution in [-0.4, -0.2) is 49.8 Å². The van der Waals surface area contributed by atoms with Crippen molar-refractivity contribution in [3.05, 3.63) is 0 Å². The predicted octanol–water partition coefficient (Wildman–Crippen LogP) is 2.41. The Hall–Kier alpha value is -0.120. The molecule has 1 heterocycles. The molecule has 0 radical (unpaired) electrons. The summed E-state index contributed by atoms with van der Waals surface area (Å²) >= 11 is 0. The molecule has 0 spiro atoms. The van der Waals surface area contributed by atoms with E-state index in [1.807, 2.05) is 0 Å². The Morgan fingerprint density at radius 1 is 1.17 bits per heavy atom. The van der Waals surface area contributed by atoms with E-state index in [2.05, 4.69) is 24.2 Å². The van der Waals surface area contributed by atoms with Crippen molar-refractivity contribution in [2.24, 2.45) is 0 Å². The summed E-state index contributed by atoms with van der Waals surface area (Å²) in [6.45, 7) is 5.48. The van der Waals surface area contributed by atoms with Gasteiger partial charge in [0.2, 0.25) is 0 Å². The standard InChI is InChI=1S/C15H30N2O/c1-13-15(9-12-18-13)16-10-6-11-17(2)14-7-4-3-5-8-14/h13-16H,3-12H2,1-2H3. The number of nitrogens with one attached hydrogen (secondary N) is 1. The lowest BCUT2D eigenvalue weighted by Crippen LogP contribution is -2.38. The van der Waals surface area contributed by atoms with Gasteiger partial charge in [0.05, 0.1) is 6.10 Å². The third-order valence-corrected chi connectivity index (χ3v) is 4.67. The molecule has 2 aliphatic rings. The monoisotopic (exact) mass is 254 g/mol. The fraction of sp³-hybridized carbons (Fsp3) is 1.00. The van der Waals surface area contributed by atoms with Crippen LogP contribution in [0.15, 0.2) is 0 Å². The van der Waals surface area contributed by atoms with Crippen LogP contribution in [0.1, 0.15) is 51.9 Å². The van der Waals surface area contributed by atoms with E-state index in [4.69, 9.17) is 4.74 Å². The normalized spacial score (nSPS) is 30.2. The second-order valence-electron chi connectivity index (χ2n) is 6.05. The van der Waals surface area contributed by atoms with Gasteiger partial charge in [-0.15, -0.1) is 0 Å². The Kier molecular flexibility index (Phi) is 5.93. The minimum atomic E-state index is 0.404. The fourth-order valence-corrected chi connectivity index (χ4v) is 3.32. The first-order chi connectivity index (χ1) is 8.77. The molecule has 2 rings (SSSR count). The van der Waals surface area contributed by atoms with Gasteiger partial charge in [0, 0.05) is 18.7 Å². The van der Waals surface area contributed by atoms with E-state index in [1.165, 1.54) is 51.5 Å². The van der Waals surface area contributed by atoms with Crippen molar-refractivity contribution in [2.75, 3.05) is 26.7 Å². The van der Waals surface area contributed by atoms with E-state index in [-0.39, 0.29) is 0 Å². The van der Waals surface area contributed by atoms with E-state index in [1.54, 1.807) is 0 Å². The van der Waals surface area contributed by atoms with Gasteiger partial charge in [-0.05, 0) is 52.7 Å². The molecule has 1 N–H and O–H groups in total. The molecule has 2 atom stereocenters. The molecule has 1 saturated heterocycles. The van der Waals surface area contributed by atoms with Gasteiger partial charge in [-0.3, -0.25) is 0 Å². The number of ether oxygens (including phenoxy) is 1. The zero-order chi connectivity index (χ0) is 12.8. The third-order valence-electron chi connectivity index (χ3n) is 4.67. The first kappa shape index (κ1) is 14.3. The first-order valence-corrected chi connectivity index (χ1v) is 7.82. The Balaban J connectivity index is 1.54. The first-order valence-electron chi connectivity index (χ1n) is 7.82. The van der Waals surface area contributed by atoms with Crippen molar-refractivity contribution >= 4 is 0 Å². The molecule has 18 heavy (non-hydrogen) atoms. The zero-order valence-electron chi connectivity index (χ0n) is 12.2. The third kappa shape index (κ3) is 4.22. The quantitative estimate of drug-likeness (QED) is 0.737. The van der Waals surface area contributed by atoms with Crippen molar-refractivity contribution < 1.29 is 4.74 Å². The Bertz CT molecular complexity index is 229. The summed E-state index contributed by atoms with van der Waals surface area (Å²) in [6, 6.07) is 1.44. The topological polar surface area (TPSA) is 24.5 Å². The van der Waals surface area contributed by atoms with Crippen LogP contribution in [-0.2, 0) is 4.74 Å². The van der Waals surface area contributed by atoms with Crippen LogP contribution in [0.25, 0.3) is 0 Å². The van der Waals surface area contributed by atoms with Crippen LogP contribution < -0.4 is 5.32 Å². The lowest BCUT2D eigenvalue weighted by atomic mass is 9.94. The van der Waals surface area contributed by atoms with E-state index in [0.29, 0.717) is 12.1 Å². The van der Waals surface area contributed by atoms with Crippen LogP contribution in [0, 0.1) is 0 Å². The maximum absolute atomic E-state index is 5.57. The molecule has 106 valence electrons. The van der Waals surface area contributed by atoms with Gasteiger partial charge in [-0.2, -0.15) is 0 Å². The van der Waals surface area contributed by atoms with Crippen LogP contribution in [0.4, 0.5) is 0 Å². The number of hydrogen-bond acceptors (Lipinski definition) is 3. The summed E-state index contributed by atoms with van der Waals surface area (Å²) in [5, 5.41) is 3.64. The molecule has 1 aliphatic carbocycles. The van der Waals surface area contributed by atoms with Gasteiger partial charge in [-0.25, -0.2) is 0 Å². The number of rotatable bonds is 6. The smallest absolute Gasteiger partial charge is 0.0700 e. The molecule has 2 unspecified atom stereocenters. The lowest BCUT2D eigenvalue weighted by Gasteiger charge is -2.31. The van der Waals surface area contributed by atoms with E-state index in [0.717, 1.165) is 19.2 Å². The maximum Gasteiger partial charge on any atom is 0.0700 e. The largest absolute Gasteiger partial charge is 0.377 e. The number of hydrogen-bond donors (Lipinski definition) is 1.